The van der Waals surface area contributed by atoms with Gasteiger partial charge in [-0.05, 0) is 31.5 Å². The van der Waals surface area contributed by atoms with Crippen molar-refractivity contribution >= 4 is 11.4 Å². The van der Waals surface area contributed by atoms with E-state index in [1.807, 2.05) is 18.2 Å². The molecule has 0 aliphatic carbocycles. The third kappa shape index (κ3) is 2.95. The molecule has 14 heavy (non-hydrogen) atoms. The predicted octanol–water partition coefficient (Wildman–Crippen LogP) is 2.90. The number of benzene rings is 1. The number of nitrogens with two attached hydrogens (primary N) is 1. The Balaban J connectivity index is 2.68. The number of rotatable bonds is 5. The maximum absolute atomic E-state index is 5.75. The van der Waals surface area contributed by atoms with Gasteiger partial charge in [0.05, 0.1) is 0 Å². The molecule has 0 heterocycles. The minimum atomic E-state index is 0.845. The van der Waals surface area contributed by atoms with Gasteiger partial charge in [0.1, 0.15) is 0 Å². The molecule has 1 aromatic rings. The van der Waals surface area contributed by atoms with E-state index >= 15 is 0 Å². The largest absolute Gasteiger partial charge is 0.399 e. The predicted molar refractivity (Wildman–Crippen MR) is 63.6 cm³/mol. The summed E-state index contributed by atoms with van der Waals surface area (Å²) in [5.41, 5.74) is 7.83. The average molecular weight is 192 g/mol. The summed E-state index contributed by atoms with van der Waals surface area (Å²) >= 11 is 0. The van der Waals surface area contributed by atoms with Gasteiger partial charge in [0, 0.05) is 24.5 Å². The van der Waals surface area contributed by atoms with Crippen molar-refractivity contribution in [3.8, 4) is 0 Å². The second-order valence-electron chi connectivity index (χ2n) is 3.53. The SMILES string of the molecule is CCCCN(CC)c1cccc(N)c1. The zero-order valence-corrected chi connectivity index (χ0v) is 9.16. The molecule has 0 aromatic heterocycles. The molecule has 0 radical (unpaired) electrons. The van der Waals surface area contributed by atoms with E-state index in [0.29, 0.717) is 0 Å². The zero-order chi connectivity index (χ0) is 10.4. The van der Waals surface area contributed by atoms with E-state index < -0.39 is 0 Å². The minimum absolute atomic E-state index is 0.845. The third-order valence-corrected chi connectivity index (χ3v) is 2.40. The molecule has 0 saturated carbocycles. The topological polar surface area (TPSA) is 29.3 Å². The first-order valence-corrected chi connectivity index (χ1v) is 5.38. The van der Waals surface area contributed by atoms with Gasteiger partial charge in [0.25, 0.3) is 0 Å². The summed E-state index contributed by atoms with van der Waals surface area (Å²) in [7, 11) is 0. The molecule has 0 saturated heterocycles. The van der Waals surface area contributed by atoms with E-state index in [2.05, 4.69) is 24.8 Å². The molecular weight excluding hydrogens is 172 g/mol. The van der Waals surface area contributed by atoms with E-state index in [0.717, 1.165) is 18.8 Å². The van der Waals surface area contributed by atoms with Crippen LogP contribution in [0.5, 0.6) is 0 Å². The molecule has 0 atom stereocenters. The third-order valence-electron chi connectivity index (χ3n) is 2.40. The highest BCUT2D eigenvalue weighted by Gasteiger charge is 2.02. The molecule has 1 rings (SSSR count). The lowest BCUT2D eigenvalue weighted by atomic mass is 10.2. The number of hydrogen-bond donors (Lipinski definition) is 1. The fourth-order valence-electron chi connectivity index (χ4n) is 1.54. The van der Waals surface area contributed by atoms with Crippen LogP contribution in [0.2, 0.25) is 0 Å². The molecule has 2 N–H and O–H groups in total. The standard InChI is InChI=1S/C12H20N2/c1-3-5-9-14(4-2)12-8-6-7-11(13)10-12/h6-8,10H,3-5,9,13H2,1-2H3. The van der Waals surface area contributed by atoms with Crippen LogP contribution in [0.4, 0.5) is 11.4 Å². The smallest absolute Gasteiger partial charge is 0.0386 e. The van der Waals surface area contributed by atoms with Crippen molar-refractivity contribution in [3.05, 3.63) is 24.3 Å². The van der Waals surface area contributed by atoms with Gasteiger partial charge in [-0.3, -0.25) is 0 Å². The molecule has 2 nitrogen and oxygen atoms in total. The summed E-state index contributed by atoms with van der Waals surface area (Å²) in [6.45, 7) is 6.56. The maximum atomic E-state index is 5.75. The highest BCUT2D eigenvalue weighted by atomic mass is 15.1. The highest BCUT2D eigenvalue weighted by molar-refractivity contribution is 5.55. The molecule has 0 aliphatic rings. The van der Waals surface area contributed by atoms with Crippen molar-refractivity contribution in [1.29, 1.82) is 0 Å². The van der Waals surface area contributed by atoms with Gasteiger partial charge in [-0.25, -0.2) is 0 Å². The molecule has 0 spiro atoms. The Morgan fingerprint density at radius 1 is 1.29 bits per heavy atom. The Bertz CT molecular complexity index is 271. The second-order valence-corrected chi connectivity index (χ2v) is 3.53. The Hall–Kier alpha value is -1.18. The van der Waals surface area contributed by atoms with Crippen molar-refractivity contribution in [2.24, 2.45) is 0 Å². The van der Waals surface area contributed by atoms with Crippen LogP contribution >= 0.6 is 0 Å². The van der Waals surface area contributed by atoms with Gasteiger partial charge in [-0.1, -0.05) is 19.4 Å². The Kier molecular flexibility index (Phi) is 4.30. The number of nitrogen functional groups attached to an aromatic ring is 1. The second kappa shape index (κ2) is 5.53. The first-order chi connectivity index (χ1) is 6.77. The number of hydrogen-bond acceptors (Lipinski definition) is 2. The first-order valence-electron chi connectivity index (χ1n) is 5.38. The Morgan fingerprint density at radius 3 is 2.64 bits per heavy atom. The molecule has 2 heteroatoms. The summed E-state index contributed by atoms with van der Waals surface area (Å²) in [5.74, 6) is 0. The van der Waals surface area contributed by atoms with Crippen LogP contribution in [0.25, 0.3) is 0 Å². The minimum Gasteiger partial charge on any atom is -0.399 e. The summed E-state index contributed by atoms with van der Waals surface area (Å²) in [4.78, 5) is 2.36. The molecular formula is C12H20N2. The summed E-state index contributed by atoms with van der Waals surface area (Å²) in [6.07, 6.45) is 2.47. The lowest BCUT2D eigenvalue weighted by Gasteiger charge is -2.23. The van der Waals surface area contributed by atoms with Crippen molar-refractivity contribution in [1.82, 2.24) is 0 Å². The number of anilines is 2. The molecule has 78 valence electrons. The van der Waals surface area contributed by atoms with Crippen molar-refractivity contribution in [3.63, 3.8) is 0 Å². The van der Waals surface area contributed by atoms with Crippen LogP contribution < -0.4 is 10.6 Å². The maximum Gasteiger partial charge on any atom is 0.0386 e. The number of unbranched alkanes of at least 4 members (excludes halogenated alkanes) is 1. The molecule has 0 aliphatic heterocycles. The van der Waals surface area contributed by atoms with Crippen molar-refractivity contribution in [2.45, 2.75) is 26.7 Å². The van der Waals surface area contributed by atoms with Crippen molar-refractivity contribution < 1.29 is 0 Å². The van der Waals surface area contributed by atoms with Gasteiger partial charge < -0.3 is 10.6 Å². The monoisotopic (exact) mass is 192 g/mol. The lowest BCUT2D eigenvalue weighted by Crippen LogP contribution is -2.23. The van der Waals surface area contributed by atoms with Crippen LogP contribution in [0.3, 0.4) is 0 Å². The summed E-state index contributed by atoms with van der Waals surface area (Å²) in [6, 6.07) is 8.10. The van der Waals surface area contributed by atoms with Crippen LogP contribution in [0.1, 0.15) is 26.7 Å². The van der Waals surface area contributed by atoms with Crippen molar-refractivity contribution in [2.75, 3.05) is 23.7 Å². The van der Waals surface area contributed by atoms with E-state index in [1.54, 1.807) is 0 Å². The highest BCUT2D eigenvalue weighted by Crippen LogP contribution is 2.17. The van der Waals surface area contributed by atoms with Gasteiger partial charge in [-0.15, -0.1) is 0 Å². The normalized spacial score (nSPS) is 10.1. The van der Waals surface area contributed by atoms with E-state index in [1.165, 1.54) is 18.5 Å². The van der Waals surface area contributed by atoms with Crippen LogP contribution in [-0.4, -0.2) is 13.1 Å². The van der Waals surface area contributed by atoms with Gasteiger partial charge in [0.2, 0.25) is 0 Å². The fourth-order valence-corrected chi connectivity index (χ4v) is 1.54. The average Bonchev–Trinajstić information content (AvgIpc) is 2.19. The van der Waals surface area contributed by atoms with Gasteiger partial charge >= 0.3 is 0 Å². The Labute approximate surface area is 86.7 Å². The summed E-state index contributed by atoms with van der Waals surface area (Å²) in [5, 5.41) is 0. The van der Waals surface area contributed by atoms with Crippen LogP contribution in [0, 0.1) is 0 Å². The molecule has 0 fully saturated rings. The van der Waals surface area contributed by atoms with E-state index in [-0.39, 0.29) is 0 Å². The lowest BCUT2D eigenvalue weighted by molar-refractivity contribution is 0.732. The van der Waals surface area contributed by atoms with Crippen LogP contribution in [0.15, 0.2) is 24.3 Å². The van der Waals surface area contributed by atoms with E-state index in [9.17, 15) is 0 Å². The molecule has 1 aromatic carbocycles. The Morgan fingerprint density at radius 2 is 2.07 bits per heavy atom. The molecule has 0 unspecified atom stereocenters. The van der Waals surface area contributed by atoms with Gasteiger partial charge in [0.15, 0.2) is 0 Å². The summed E-state index contributed by atoms with van der Waals surface area (Å²) < 4.78 is 0. The molecule has 0 amide bonds. The zero-order valence-electron chi connectivity index (χ0n) is 9.16. The fraction of sp³-hybridized carbons (Fsp3) is 0.500. The van der Waals surface area contributed by atoms with E-state index in [4.69, 9.17) is 5.73 Å². The van der Waals surface area contributed by atoms with Crippen LogP contribution in [-0.2, 0) is 0 Å². The molecule has 0 bridgehead atoms. The number of nitrogens with zero attached hydrogens (tertiary/aromatic N) is 1. The first kappa shape index (κ1) is 10.9. The quantitative estimate of drug-likeness (QED) is 0.727. The van der Waals surface area contributed by atoms with Gasteiger partial charge in [-0.2, -0.15) is 0 Å².